The van der Waals surface area contributed by atoms with Crippen LogP contribution in [0.3, 0.4) is 0 Å². The van der Waals surface area contributed by atoms with Crippen molar-refractivity contribution < 1.29 is 4.52 Å². The van der Waals surface area contributed by atoms with E-state index < -0.39 is 0 Å². The van der Waals surface area contributed by atoms with Gasteiger partial charge in [-0.25, -0.2) is 4.98 Å². The fourth-order valence-corrected chi connectivity index (χ4v) is 3.96. The van der Waals surface area contributed by atoms with Crippen LogP contribution in [0.1, 0.15) is 42.0 Å². The number of rotatable bonds is 5. The predicted octanol–water partition coefficient (Wildman–Crippen LogP) is 5.86. The lowest BCUT2D eigenvalue weighted by molar-refractivity contribution is 0.393. The number of imidazole rings is 1. The molecule has 144 valence electrons. The molecule has 0 aliphatic heterocycles. The van der Waals surface area contributed by atoms with E-state index >= 15 is 0 Å². The van der Waals surface area contributed by atoms with E-state index in [0.29, 0.717) is 5.92 Å². The Hall–Kier alpha value is -2.88. The SMILES string of the molecule is Cc1cc(Cn2cnc3ccc(-c4c(C)noc4C)cc32)ccc1CC(C)C. The zero-order valence-electron chi connectivity index (χ0n) is 17.3. The van der Waals surface area contributed by atoms with Crippen LogP contribution in [-0.2, 0) is 13.0 Å². The van der Waals surface area contributed by atoms with Crippen molar-refractivity contribution in [3.63, 3.8) is 0 Å². The molecule has 28 heavy (non-hydrogen) atoms. The lowest BCUT2D eigenvalue weighted by Crippen LogP contribution is -2.01. The smallest absolute Gasteiger partial charge is 0.141 e. The largest absolute Gasteiger partial charge is 0.361 e. The van der Waals surface area contributed by atoms with Gasteiger partial charge in [-0.3, -0.25) is 0 Å². The molecule has 0 aliphatic rings. The molecule has 2 heterocycles. The van der Waals surface area contributed by atoms with Gasteiger partial charge in [0.05, 0.1) is 23.1 Å². The molecule has 0 amide bonds. The molecule has 4 heteroatoms. The maximum Gasteiger partial charge on any atom is 0.141 e. The van der Waals surface area contributed by atoms with Gasteiger partial charge in [0.2, 0.25) is 0 Å². The van der Waals surface area contributed by atoms with Gasteiger partial charge >= 0.3 is 0 Å². The summed E-state index contributed by atoms with van der Waals surface area (Å²) in [6.45, 7) is 11.5. The van der Waals surface area contributed by atoms with Crippen LogP contribution < -0.4 is 0 Å². The topological polar surface area (TPSA) is 43.9 Å². The summed E-state index contributed by atoms with van der Waals surface area (Å²) in [5.74, 6) is 1.52. The summed E-state index contributed by atoms with van der Waals surface area (Å²) in [4.78, 5) is 4.59. The Morgan fingerprint density at radius 3 is 2.54 bits per heavy atom. The first-order valence-electron chi connectivity index (χ1n) is 9.89. The van der Waals surface area contributed by atoms with E-state index in [2.05, 4.69) is 71.9 Å². The molecule has 0 N–H and O–H groups in total. The van der Waals surface area contributed by atoms with E-state index in [1.807, 2.05) is 20.2 Å². The summed E-state index contributed by atoms with van der Waals surface area (Å²) < 4.78 is 7.56. The van der Waals surface area contributed by atoms with Gasteiger partial charge < -0.3 is 9.09 Å². The maximum atomic E-state index is 5.35. The fraction of sp³-hybridized carbons (Fsp3) is 0.333. The molecule has 0 radical (unpaired) electrons. The molecule has 0 spiro atoms. The minimum atomic E-state index is 0.671. The molecule has 0 aliphatic carbocycles. The van der Waals surface area contributed by atoms with Crippen LogP contribution in [0.5, 0.6) is 0 Å². The Balaban J connectivity index is 1.68. The molecule has 0 fully saturated rings. The number of fused-ring (bicyclic) bond motifs is 1. The number of hydrogen-bond donors (Lipinski definition) is 0. The van der Waals surface area contributed by atoms with E-state index in [9.17, 15) is 0 Å². The first-order valence-corrected chi connectivity index (χ1v) is 9.89. The number of hydrogen-bond acceptors (Lipinski definition) is 3. The highest BCUT2D eigenvalue weighted by molar-refractivity contribution is 5.83. The summed E-state index contributed by atoms with van der Waals surface area (Å²) >= 11 is 0. The van der Waals surface area contributed by atoms with Crippen LogP contribution in [0.25, 0.3) is 22.2 Å². The van der Waals surface area contributed by atoms with Crippen molar-refractivity contribution in [1.29, 1.82) is 0 Å². The van der Waals surface area contributed by atoms with Gasteiger partial charge in [0.25, 0.3) is 0 Å². The van der Waals surface area contributed by atoms with Crippen molar-refractivity contribution in [2.75, 3.05) is 0 Å². The van der Waals surface area contributed by atoms with Gasteiger partial charge in [-0.05, 0) is 67.5 Å². The third kappa shape index (κ3) is 3.47. The number of benzene rings is 2. The highest BCUT2D eigenvalue weighted by Gasteiger charge is 2.13. The highest BCUT2D eigenvalue weighted by Crippen LogP contribution is 2.29. The molecule has 4 nitrogen and oxygen atoms in total. The van der Waals surface area contributed by atoms with E-state index in [-0.39, 0.29) is 0 Å². The molecule has 0 saturated carbocycles. The molecule has 4 rings (SSSR count). The van der Waals surface area contributed by atoms with Crippen LogP contribution in [0, 0.1) is 26.7 Å². The first-order chi connectivity index (χ1) is 13.4. The van der Waals surface area contributed by atoms with Crippen LogP contribution >= 0.6 is 0 Å². The second-order valence-corrected chi connectivity index (χ2v) is 8.13. The zero-order valence-corrected chi connectivity index (χ0v) is 17.3. The Morgan fingerprint density at radius 1 is 1.04 bits per heavy atom. The summed E-state index contributed by atoms with van der Waals surface area (Å²) in [5.41, 5.74) is 9.34. The summed E-state index contributed by atoms with van der Waals surface area (Å²) in [7, 11) is 0. The van der Waals surface area contributed by atoms with Crippen molar-refractivity contribution in [2.24, 2.45) is 5.92 Å². The predicted molar refractivity (Wildman–Crippen MR) is 114 cm³/mol. The molecule has 0 atom stereocenters. The highest BCUT2D eigenvalue weighted by atomic mass is 16.5. The fourth-order valence-electron chi connectivity index (χ4n) is 3.96. The van der Waals surface area contributed by atoms with Crippen molar-refractivity contribution >= 4 is 11.0 Å². The summed E-state index contributed by atoms with van der Waals surface area (Å²) in [6, 6.07) is 13.2. The molecular formula is C24H27N3O. The lowest BCUT2D eigenvalue weighted by Gasteiger charge is -2.12. The third-order valence-electron chi connectivity index (χ3n) is 5.33. The summed E-state index contributed by atoms with van der Waals surface area (Å²) in [6.07, 6.45) is 3.06. The number of aryl methyl sites for hydroxylation is 3. The van der Waals surface area contributed by atoms with Crippen LogP contribution in [0.2, 0.25) is 0 Å². The molecule has 2 aromatic carbocycles. The van der Waals surface area contributed by atoms with E-state index in [1.165, 1.54) is 16.7 Å². The van der Waals surface area contributed by atoms with Gasteiger partial charge in [0, 0.05) is 12.1 Å². The first kappa shape index (κ1) is 18.5. The lowest BCUT2D eigenvalue weighted by atomic mass is 9.97. The molecule has 2 aromatic heterocycles. The maximum absolute atomic E-state index is 5.35. The normalized spacial score (nSPS) is 11.6. The molecule has 0 saturated heterocycles. The van der Waals surface area contributed by atoms with Gasteiger partial charge in [-0.2, -0.15) is 0 Å². The average molecular weight is 374 g/mol. The Labute approximate surface area is 166 Å². The second kappa shape index (κ2) is 7.27. The monoisotopic (exact) mass is 373 g/mol. The van der Waals surface area contributed by atoms with Gasteiger partial charge in [0.15, 0.2) is 0 Å². The average Bonchev–Trinajstić information content (AvgIpc) is 3.20. The van der Waals surface area contributed by atoms with Gasteiger partial charge in [-0.15, -0.1) is 0 Å². The van der Waals surface area contributed by atoms with Crippen molar-refractivity contribution in [2.45, 2.75) is 47.6 Å². The quantitative estimate of drug-likeness (QED) is 0.440. The Kier molecular flexibility index (Phi) is 4.80. The van der Waals surface area contributed by atoms with Crippen LogP contribution in [0.4, 0.5) is 0 Å². The summed E-state index contributed by atoms with van der Waals surface area (Å²) in [5, 5.41) is 4.09. The second-order valence-electron chi connectivity index (χ2n) is 8.13. The number of nitrogens with zero attached hydrogens (tertiary/aromatic N) is 3. The van der Waals surface area contributed by atoms with Crippen molar-refractivity contribution in [3.8, 4) is 11.1 Å². The Morgan fingerprint density at radius 2 is 1.86 bits per heavy atom. The van der Waals surface area contributed by atoms with Crippen molar-refractivity contribution in [3.05, 3.63) is 70.9 Å². The number of aromatic nitrogens is 3. The third-order valence-corrected chi connectivity index (χ3v) is 5.33. The zero-order chi connectivity index (χ0) is 19.8. The Bertz CT molecular complexity index is 1110. The van der Waals surface area contributed by atoms with E-state index in [4.69, 9.17) is 4.52 Å². The van der Waals surface area contributed by atoms with E-state index in [1.54, 1.807) is 0 Å². The molecule has 0 bridgehead atoms. The van der Waals surface area contributed by atoms with Gasteiger partial charge in [-0.1, -0.05) is 43.3 Å². The standard InChI is InChI=1S/C24H27N3O/c1-15(2)10-20-7-6-19(11-16(20)3)13-27-14-25-22-9-8-21(12-23(22)27)24-17(4)26-28-18(24)5/h6-9,11-12,14-15H,10,13H2,1-5H3. The van der Waals surface area contributed by atoms with Crippen LogP contribution in [-0.4, -0.2) is 14.7 Å². The van der Waals surface area contributed by atoms with Gasteiger partial charge in [0.1, 0.15) is 5.76 Å². The molecule has 4 aromatic rings. The molecule has 0 unspecified atom stereocenters. The molecular weight excluding hydrogens is 346 g/mol. The van der Waals surface area contributed by atoms with Crippen LogP contribution in [0.15, 0.2) is 47.2 Å². The van der Waals surface area contributed by atoms with Crippen molar-refractivity contribution in [1.82, 2.24) is 14.7 Å². The van der Waals surface area contributed by atoms with E-state index in [0.717, 1.165) is 46.6 Å². The minimum absolute atomic E-state index is 0.671. The minimum Gasteiger partial charge on any atom is -0.361 e.